The number of fused-ring (bicyclic) bond motifs is 5. The van der Waals surface area contributed by atoms with Crippen molar-refractivity contribution in [2.75, 3.05) is 19.6 Å². The van der Waals surface area contributed by atoms with E-state index in [0.717, 1.165) is 35.7 Å². The van der Waals surface area contributed by atoms with Crippen LogP contribution in [0.25, 0.3) is 0 Å². The molecule has 9 atom stereocenters. The van der Waals surface area contributed by atoms with Gasteiger partial charge in [-0.1, -0.05) is 20.4 Å². The molecule has 4 nitrogen and oxygen atoms in total. The molecule has 32 heavy (non-hydrogen) atoms. The topological polar surface area (TPSA) is 46.5 Å². The van der Waals surface area contributed by atoms with Gasteiger partial charge in [0.1, 0.15) is 18.2 Å². The molecule has 0 amide bonds. The number of carbonyl (C=O) groups is 1. The predicted molar refractivity (Wildman–Crippen MR) is 127 cm³/mol. The van der Waals surface area contributed by atoms with Gasteiger partial charge in [0, 0.05) is 31.6 Å². The second-order valence-corrected chi connectivity index (χ2v) is 12.8. The van der Waals surface area contributed by atoms with E-state index in [4.69, 9.17) is 4.74 Å². The van der Waals surface area contributed by atoms with Crippen molar-refractivity contribution in [2.45, 2.75) is 103 Å². The van der Waals surface area contributed by atoms with E-state index >= 15 is 0 Å². The van der Waals surface area contributed by atoms with Gasteiger partial charge in [-0.2, -0.15) is 0 Å². The fourth-order valence-corrected chi connectivity index (χ4v) is 9.94. The van der Waals surface area contributed by atoms with Crippen molar-refractivity contribution >= 4 is 5.97 Å². The molecule has 0 bridgehead atoms. The molecule has 5 rings (SSSR count). The van der Waals surface area contributed by atoms with Gasteiger partial charge in [-0.05, 0) is 80.1 Å². The van der Waals surface area contributed by atoms with Gasteiger partial charge in [0.05, 0.1) is 19.6 Å². The number of hydrogen-bond acceptors (Lipinski definition) is 3. The van der Waals surface area contributed by atoms with Gasteiger partial charge in [-0.15, -0.1) is 0 Å². The Morgan fingerprint density at radius 2 is 1.78 bits per heavy atom. The Bertz CT molecular complexity index is 745. The van der Waals surface area contributed by atoms with Crippen molar-refractivity contribution in [1.82, 2.24) is 0 Å². The van der Waals surface area contributed by atoms with Crippen LogP contribution in [0.2, 0.25) is 0 Å². The molecular formula is C28H46NO3+. The Hall–Kier alpha value is -0.870. The van der Waals surface area contributed by atoms with Crippen LogP contribution in [-0.2, 0) is 9.53 Å². The Morgan fingerprint density at radius 1 is 1.06 bits per heavy atom. The minimum absolute atomic E-state index is 0.0823. The SMILES string of the molecule is C=CC[N+]1([C@H]2C[C@H]3[C@@H]4CC[C@H]5C[C@@H](OC(C)=O)CC[C@]5(C)[C@H]4CC[C@]3(C)[C@H]2O)CCCC1. The van der Waals surface area contributed by atoms with Gasteiger partial charge in [0.25, 0.3) is 0 Å². The lowest BCUT2D eigenvalue weighted by Crippen LogP contribution is -2.58. The molecule has 1 N–H and O–H groups in total. The molecule has 0 aromatic carbocycles. The largest absolute Gasteiger partial charge is 0.463 e. The zero-order chi connectivity index (χ0) is 22.7. The highest BCUT2D eigenvalue weighted by atomic mass is 16.5. The van der Waals surface area contributed by atoms with E-state index in [9.17, 15) is 9.90 Å². The number of carbonyl (C=O) groups excluding carboxylic acids is 1. The summed E-state index contributed by atoms with van der Waals surface area (Å²) in [4.78, 5) is 11.5. The van der Waals surface area contributed by atoms with Crippen LogP contribution in [0, 0.1) is 34.5 Å². The number of rotatable bonds is 4. The predicted octanol–water partition coefficient (Wildman–Crippen LogP) is 5.10. The normalized spacial score (nSPS) is 49.6. The van der Waals surface area contributed by atoms with Crippen molar-refractivity contribution in [1.29, 1.82) is 0 Å². The number of aliphatic hydroxyl groups excluding tert-OH is 1. The number of likely N-dealkylation sites (tertiary alicyclic amines) is 1. The molecule has 1 aliphatic heterocycles. The quantitative estimate of drug-likeness (QED) is 0.373. The summed E-state index contributed by atoms with van der Waals surface area (Å²) in [6.07, 6.45) is 14.2. The highest BCUT2D eigenvalue weighted by molar-refractivity contribution is 5.66. The molecule has 4 heteroatoms. The Labute approximate surface area is 195 Å². The molecule has 0 radical (unpaired) electrons. The molecule has 5 aliphatic rings. The van der Waals surface area contributed by atoms with E-state index in [1.807, 2.05) is 0 Å². The Balaban J connectivity index is 1.38. The zero-order valence-electron chi connectivity index (χ0n) is 20.7. The maximum absolute atomic E-state index is 11.8. The van der Waals surface area contributed by atoms with Crippen LogP contribution in [0.4, 0.5) is 0 Å². The molecule has 0 aromatic rings. The maximum atomic E-state index is 11.8. The fourth-order valence-electron chi connectivity index (χ4n) is 9.94. The van der Waals surface area contributed by atoms with Crippen molar-refractivity contribution in [3.63, 3.8) is 0 Å². The van der Waals surface area contributed by atoms with Gasteiger partial charge < -0.3 is 14.3 Å². The van der Waals surface area contributed by atoms with E-state index in [0.29, 0.717) is 23.3 Å². The number of esters is 1. The first-order valence-electron chi connectivity index (χ1n) is 13.6. The first kappa shape index (κ1) is 22.9. The van der Waals surface area contributed by atoms with E-state index in [1.165, 1.54) is 64.5 Å². The molecule has 1 saturated heterocycles. The van der Waals surface area contributed by atoms with Crippen LogP contribution >= 0.6 is 0 Å². The summed E-state index contributed by atoms with van der Waals surface area (Å²) in [7, 11) is 0. The van der Waals surface area contributed by atoms with E-state index < -0.39 is 0 Å². The van der Waals surface area contributed by atoms with Gasteiger partial charge >= 0.3 is 5.97 Å². The van der Waals surface area contributed by atoms with E-state index in [2.05, 4.69) is 26.5 Å². The molecule has 180 valence electrons. The third kappa shape index (κ3) is 3.34. The van der Waals surface area contributed by atoms with Gasteiger partial charge in [0.2, 0.25) is 0 Å². The molecule has 1 heterocycles. The minimum Gasteiger partial charge on any atom is -0.463 e. The fraction of sp³-hybridized carbons (Fsp3) is 0.893. The summed E-state index contributed by atoms with van der Waals surface area (Å²) < 4.78 is 6.74. The summed E-state index contributed by atoms with van der Waals surface area (Å²) in [5, 5.41) is 11.8. The standard InChI is InChI=1S/C28H46NO3/c1-5-14-29(15-6-7-16-29)25-18-24-22-9-8-20-17-21(32-19(2)30)10-12-27(20,3)23(22)11-13-28(24,4)26(25)31/h5,20-26,31H,1,6-18H2,2-4H3/q+1/t20-,21-,22+,23-,24-,25-,26-,27-,28-/m0/s1. The van der Waals surface area contributed by atoms with Gasteiger partial charge in [0.15, 0.2) is 0 Å². The van der Waals surface area contributed by atoms with Crippen molar-refractivity contribution in [3.05, 3.63) is 12.7 Å². The number of nitrogens with zero attached hydrogens (tertiary/aromatic N) is 1. The summed E-state index contributed by atoms with van der Waals surface area (Å²) in [6, 6.07) is 0.398. The van der Waals surface area contributed by atoms with Crippen molar-refractivity contribution < 1.29 is 19.1 Å². The third-order valence-corrected chi connectivity index (χ3v) is 11.6. The minimum atomic E-state index is -0.170. The third-order valence-electron chi connectivity index (χ3n) is 11.6. The number of hydrogen-bond donors (Lipinski definition) is 1. The molecule has 0 aromatic heterocycles. The first-order valence-corrected chi connectivity index (χ1v) is 13.6. The van der Waals surface area contributed by atoms with Crippen LogP contribution in [0.5, 0.6) is 0 Å². The number of quaternary nitrogens is 1. The summed E-state index contributed by atoms with van der Waals surface area (Å²) in [6.45, 7) is 14.1. The van der Waals surface area contributed by atoms with Crippen LogP contribution in [0.1, 0.15) is 85.0 Å². The second kappa shape index (κ2) is 8.12. The lowest BCUT2D eigenvalue weighted by atomic mass is 9.45. The van der Waals surface area contributed by atoms with E-state index in [-0.39, 0.29) is 23.6 Å². The molecule has 4 aliphatic carbocycles. The van der Waals surface area contributed by atoms with Gasteiger partial charge in [-0.25, -0.2) is 0 Å². The summed E-state index contributed by atoms with van der Waals surface area (Å²) >= 11 is 0. The molecular weight excluding hydrogens is 398 g/mol. The zero-order valence-corrected chi connectivity index (χ0v) is 20.7. The number of ether oxygens (including phenoxy) is 1. The maximum Gasteiger partial charge on any atom is 0.302 e. The smallest absolute Gasteiger partial charge is 0.302 e. The van der Waals surface area contributed by atoms with Gasteiger partial charge in [-0.3, -0.25) is 4.79 Å². The van der Waals surface area contributed by atoms with Crippen molar-refractivity contribution in [2.24, 2.45) is 34.5 Å². The lowest BCUT2D eigenvalue weighted by molar-refractivity contribution is -0.938. The highest BCUT2D eigenvalue weighted by Gasteiger charge is 2.65. The monoisotopic (exact) mass is 444 g/mol. The van der Waals surface area contributed by atoms with E-state index in [1.54, 1.807) is 6.92 Å². The molecule has 0 spiro atoms. The molecule has 4 saturated carbocycles. The summed E-state index contributed by atoms with van der Waals surface area (Å²) in [5.74, 6) is 2.75. The second-order valence-electron chi connectivity index (χ2n) is 12.8. The van der Waals surface area contributed by atoms with Crippen molar-refractivity contribution in [3.8, 4) is 0 Å². The number of aliphatic hydroxyl groups is 1. The average molecular weight is 445 g/mol. The van der Waals surface area contributed by atoms with Crippen LogP contribution in [-0.4, -0.2) is 53.4 Å². The Kier molecular flexibility index (Phi) is 5.81. The van der Waals surface area contributed by atoms with Crippen LogP contribution < -0.4 is 0 Å². The molecule has 0 unspecified atom stereocenters. The average Bonchev–Trinajstić information content (AvgIpc) is 3.32. The lowest BCUT2D eigenvalue weighted by Gasteiger charge is -2.60. The highest BCUT2D eigenvalue weighted by Crippen LogP contribution is 2.67. The summed E-state index contributed by atoms with van der Waals surface area (Å²) in [5.41, 5.74) is 0.462. The Morgan fingerprint density at radius 3 is 2.47 bits per heavy atom. The first-order chi connectivity index (χ1) is 15.2. The van der Waals surface area contributed by atoms with Crippen LogP contribution in [0.15, 0.2) is 12.7 Å². The van der Waals surface area contributed by atoms with Crippen LogP contribution in [0.3, 0.4) is 0 Å². The molecule has 5 fully saturated rings.